The maximum atomic E-state index is 13.5. The Morgan fingerprint density at radius 3 is 2.65 bits per heavy atom. The van der Waals surface area contributed by atoms with Crippen molar-refractivity contribution in [1.82, 2.24) is 10.3 Å². The van der Waals surface area contributed by atoms with Gasteiger partial charge >= 0.3 is 0 Å². The fourth-order valence-electron chi connectivity index (χ4n) is 3.84. The molecule has 2 saturated carbocycles. The smallest absolute Gasteiger partial charge is 0.141 e. The van der Waals surface area contributed by atoms with Gasteiger partial charge in [-0.1, -0.05) is 6.42 Å². The van der Waals surface area contributed by atoms with Gasteiger partial charge in [-0.05, 0) is 43.6 Å². The minimum Gasteiger partial charge on any atom is -0.356 e. The van der Waals surface area contributed by atoms with E-state index >= 15 is 0 Å². The highest BCUT2D eigenvalue weighted by atomic mass is 19.1. The zero-order valence-electron chi connectivity index (χ0n) is 11.8. The summed E-state index contributed by atoms with van der Waals surface area (Å²) in [5, 5.41) is 3.48. The molecule has 0 aromatic carbocycles. The first-order valence-electron chi connectivity index (χ1n) is 7.92. The number of hydrogen-bond donors (Lipinski definition) is 1. The van der Waals surface area contributed by atoms with Crippen LogP contribution < -0.4 is 10.2 Å². The number of rotatable bonds is 4. The zero-order chi connectivity index (χ0) is 13.5. The lowest BCUT2D eigenvalue weighted by Crippen LogP contribution is -2.25. The number of pyridine rings is 1. The Bertz CT molecular complexity index is 488. The van der Waals surface area contributed by atoms with Gasteiger partial charge in [0.1, 0.15) is 11.6 Å². The van der Waals surface area contributed by atoms with Crippen LogP contribution in [0.15, 0.2) is 12.3 Å². The third kappa shape index (κ3) is 2.41. The third-order valence-corrected chi connectivity index (χ3v) is 5.09. The molecule has 3 nitrogen and oxygen atoms in total. The van der Waals surface area contributed by atoms with Crippen LogP contribution in [-0.2, 0) is 6.54 Å². The third-order valence-electron chi connectivity index (χ3n) is 5.09. The Balaban J connectivity index is 1.53. The minimum atomic E-state index is -0.222. The van der Waals surface area contributed by atoms with Crippen molar-refractivity contribution in [2.75, 3.05) is 18.0 Å². The molecule has 108 valence electrons. The summed E-state index contributed by atoms with van der Waals surface area (Å²) < 4.78 is 13.5. The van der Waals surface area contributed by atoms with Crippen LogP contribution in [0.3, 0.4) is 0 Å². The van der Waals surface area contributed by atoms with Crippen LogP contribution in [0, 0.1) is 17.7 Å². The molecule has 3 fully saturated rings. The molecule has 0 radical (unpaired) electrons. The van der Waals surface area contributed by atoms with Crippen molar-refractivity contribution in [2.45, 2.75) is 44.7 Å². The molecule has 0 amide bonds. The Morgan fingerprint density at radius 2 is 1.95 bits per heavy atom. The number of aromatic nitrogens is 1. The molecule has 20 heavy (non-hydrogen) atoms. The lowest BCUT2D eigenvalue weighted by atomic mass is 10.0. The highest BCUT2D eigenvalue weighted by molar-refractivity contribution is 5.48. The largest absolute Gasteiger partial charge is 0.356 e. The van der Waals surface area contributed by atoms with Gasteiger partial charge in [-0.25, -0.2) is 9.37 Å². The Morgan fingerprint density at radius 1 is 1.20 bits per heavy atom. The molecule has 1 aliphatic heterocycles. The molecular formula is C16H22FN3. The fourth-order valence-corrected chi connectivity index (χ4v) is 3.84. The van der Waals surface area contributed by atoms with Gasteiger partial charge in [-0.2, -0.15) is 0 Å². The van der Waals surface area contributed by atoms with Crippen LogP contribution in [0.4, 0.5) is 10.2 Å². The summed E-state index contributed by atoms with van der Waals surface area (Å²) in [6.45, 7) is 2.97. The lowest BCUT2D eigenvalue weighted by molar-refractivity contribution is 0.494. The van der Waals surface area contributed by atoms with E-state index in [9.17, 15) is 4.39 Å². The molecule has 1 aromatic heterocycles. The van der Waals surface area contributed by atoms with Crippen molar-refractivity contribution < 1.29 is 4.39 Å². The summed E-state index contributed by atoms with van der Waals surface area (Å²) in [5.41, 5.74) is 1.02. The molecule has 2 heterocycles. The van der Waals surface area contributed by atoms with E-state index in [1.165, 1.54) is 38.3 Å². The summed E-state index contributed by atoms with van der Waals surface area (Å²) >= 11 is 0. The van der Waals surface area contributed by atoms with E-state index in [2.05, 4.69) is 15.2 Å². The number of halogens is 1. The van der Waals surface area contributed by atoms with Gasteiger partial charge in [0.25, 0.3) is 0 Å². The van der Waals surface area contributed by atoms with Crippen LogP contribution in [0.25, 0.3) is 0 Å². The average Bonchev–Trinajstić information content (AvgIpc) is 3.02. The second kappa shape index (κ2) is 4.99. The minimum absolute atomic E-state index is 0.222. The van der Waals surface area contributed by atoms with E-state index in [1.54, 1.807) is 6.07 Å². The molecule has 0 spiro atoms. The van der Waals surface area contributed by atoms with Gasteiger partial charge in [0, 0.05) is 31.2 Å². The molecule has 1 N–H and O–H groups in total. The van der Waals surface area contributed by atoms with Crippen LogP contribution >= 0.6 is 0 Å². The number of anilines is 1. The van der Waals surface area contributed by atoms with Crippen molar-refractivity contribution in [3.8, 4) is 0 Å². The quantitative estimate of drug-likeness (QED) is 0.915. The lowest BCUT2D eigenvalue weighted by Gasteiger charge is -2.21. The molecule has 2 atom stereocenters. The first kappa shape index (κ1) is 12.6. The van der Waals surface area contributed by atoms with Gasteiger partial charge in [0.2, 0.25) is 0 Å². The van der Waals surface area contributed by atoms with Gasteiger partial charge in [-0.15, -0.1) is 0 Å². The number of nitrogens with zero attached hydrogens (tertiary/aromatic N) is 2. The highest BCUT2D eigenvalue weighted by Crippen LogP contribution is 2.39. The number of nitrogens with one attached hydrogen (secondary N) is 1. The van der Waals surface area contributed by atoms with Gasteiger partial charge in [0.05, 0.1) is 6.20 Å². The Hall–Kier alpha value is -1.16. The van der Waals surface area contributed by atoms with Gasteiger partial charge < -0.3 is 10.2 Å². The second-order valence-electron chi connectivity index (χ2n) is 6.65. The van der Waals surface area contributed by atoms with E-state index in [-0.39, 0.29) is 5.82 Å². The topological polar surface area (TPSA) is 28.2 Å². The predicted molar refractivity (Wildman–Crippen MR) is 77.1 cm³/mol. The first-order valence-corrected chi connectivity index (χ1v) is 7.92. The summed E-state index contributed by atoms with van der Waals surface area (Å²) in [6, 6.07) is 2.30. The summed E-state index contributed by atoms with van der Waals surface area (Å²) in [7, 11) is 0. The van der Waals surface area contributed by atoms with E-state index < -0.39 is 0 Å². The van der Waals surface area contributed by atoms with Crippen LogP contribution in [0.2, 0.25) is 0 Å². The van der Waals surface area contributed by atoms with E-state index in [4.69, 9.17) is 0 Å². The monoisotopic (exact) mass is 275 g/mol. The normalized spacial score (nSPS) is 28.9. The molecule has 1 saturated heterocycles. The van der Waals surface area contributed by atoms with E-state index in [1.807, 2.05) is 0 Å². The maximum absolute atomic E-state index is 13.5. The van der Waals surface area contributed by atoms with Crippen molar-refractivity contribution in [3.05, 3.63) is 23.6 Å². The van der Waals surface area contributed by atoms with Crippen molar-refractivity contribution in [1.29, 1.82) is 0 Å². The molecule has 0 bridgehead atoms. The van der Waals surface area contributed by atoms with Crippen molar-refractivity contribution in [2.24, 2.45) is 11.8 Å². The molecule has 2 aliphatic carbocycles. The number of hydrogen-bond acceptors (Lipinski definition) is 3. The fraction of sp³-hybridized carbons (Fsp3) is 0.688. The summed E-state index contributed by atoms with van der Waals surface area (Å²) in [4.78, 5) is 6.78. The predicted octanol–water partition coefficient (Wildman–Crippen LogP) is 2.71. The SMILES string of the molecule is Fc1cnc(N2CC3CCCC3C2)c(CNC2CC2)c1. The standard InChI is InChI=1S/C16H22FN3/c17-14-6-13(7-18-15-4-5-15)16(19-8-14)20-9-11-2-1-3-12(11)10-20/h6,8,11-12,15,18H,1-5,7,9-10H2. The van der Waals surface area contributed by atoms with E-state index in [0.717, 1.165) is 42.9 Å². The summed E-state index contributed by atoms with van der Waals surface area (Å²) in [5.74, 6) is 2.46. The Labute approximate surface area is 119 Å². The van der Waals surface area contributed by atoms with Gasteiger partial charge in [-0.3, -0.25) is 0 Å². The average molecular weight is 275 g/mol. The number of fused-ring (bicyclic) bond motifs is 1. The molecule has 4 heteroatoms. The maximum Gasteiger partial charge on any atom is 0.141 e. The molecular weight excluding hydrogens is 253 g/mol. The highest BCUT2D eigenvalue weighted by Gasteiger charge is 2.37. The molecule has 1 aromatic rings. The van der Waals surface area contributed by atoms with Crippen LogP contribution in [0.5, 0.6) is 0 Å². The molecule has 3 aliphatic rings. The summed E-state index contributed by atoms with van der Waals surface area (Å²) in [6.07, 6.45) is 7.98. The Kier molecular flexibility index (Phi) is 3.14. The second-order valence-corrected chi connectivity index (χ2v) is 6.65. The molecule has 4 rings (SSSR count). The molecule has 2 unspecified atom stereocenters. The van der Waals surface area contributed by atoms with Crippen LogP contribution in [0.1, 0.15) is 37.7 Å². The van der Waals surface area contributed by atoms with E-state index in [0.29, 0.717) is 6.04 Å². The zero-order valence-corrected chi connectivity index (χ0v) is 11.8. The first-order chi connectivity index (χ1) is 9.79. The van der Waals surface area contributed by atoms with Crippen LogP contribution in [-0.4, -0.2) is 24.1 Å². The van der Waals surface area contributed by atoms with Crippen molar-refractivity contribution >= 4 is 5.82 Å². The van der Waals surface area contributed by atoms with Gasteiger partial charge in [0.15, 0.2) is 0 Å². The van der Waals surface area contributed by atoms with Crippen molar-refractivity contribution in [3.63, 3.8) is 0 Å².